The van der Waals surface area contributed by atoms with Gasteiger partial charge in [0.15, 0.2) is 0 Å². The van der Waals surface area contributed by atoms with Crippen molar-refractivity contribution < 1.29 is 9.71 Å². The maximum atomic E-state index is 10.2. The fourth-order valence-corrected chi connectivity index (χ4v) is 0.787. The van der Waals surface area contributed by atoms with E-state index in [0.29, 0.717) is 0 Å². The summed E-state index contributed by atoms with van der Waals surface area (Å²) in [5.41, 5.74) is 8.58. The van der Waals surface area contributed by atoms with Gasteiger partial charge in [0.2, 0.25) is 0 Å². The van der Waals surface area contributed by atoms with E-state index < -0.39 is 10.8 Å². The molecule has 0 fully saturated rings. The molecule has 1 aromatic carbocycles. The Morgan fingerprint density at radius 2 is 2.00 bits per heavy atom. The van der Waals surface area contributed by atoms with Crippen molar-refractivity contribution in [1.82, 2.24) is 0 Å². The summed E-state index contributed by atoms with van der Waals surface area (Å²) in [5, 5.41) is 10.2. The summed E-state index contributed by atoms with van der Waals surface area (Å²) in [6, 6.07) is 7.97. The summed E-state index contributed by atoms with van der Waals surface area (Å²) < 4.78 is 0. The van der Waals surface area contributed by atoms with E-state index in [9.17, 15) is 10.1 Å². The quantitative estimate of drug-likeness (QED) is 0.154. The molecule has 1 rings (SSSR count). The van der Waals surface area contributed by atoms with Crippen LogP contribution in [0.2, 0.25) is 0 Å². The van der Waals surface area contributed by atoms with Crippen molar-refractivity contribution in [2.24, 2.45) is 0 Å². The average Bonchev–Trinajstić information content (AvgIpc) is 2.07. The van der Waals surface area contributed by atoms with Crippen molar-refractivity contribution in [3.05, 3.63) is 51.5 Å². The molecule has 0 spiro atoms. The highest BCUT2D eigenvalue weighted by atomic mass is 16.6. The third-order valence-electron chi connectivity index (χ3n) is 1.30. The number of hydrogen-bond donors (Lipinski definition) is 0. The Balaban J connectivity index is 3.14. The van der Waals surface area contributed by atoms with Crippen LogP contribution in [0.1, 0.15) is 5.56 Å². The van der Waals surface area contributed by atoms with E-state index in [0.717, 1.165) is 0 Å². The molecule has 0 heterocycles. The molecule has 0 N–H and O–H groups in total. The Bertz CT molecular complexity index is 341. The smallest absolute Gasteiger partial charge is 0.354 e. The van der Waals surface area contributed by atoms with Crippen LogP contribution in [0.5, 0.6) is 0 Å². The van der Waals surface area contributed by atoms with Crippen LogP contribution in [0.15, 0.2) is 30.3 Å². The Labute approximate surface area is 68.0 Å². The van der Waals surface area contributed by atoms with Gasteiger partial charge in [-0.2, -0.15) is 0 Å². The molecule has 0 saturated carbocycles. The van der Waals surface area contributed by atoms with Crippen molar-refractivity contribution in [3.8, 4) is 0 Å². The Morgan fingerprint density at radius 3 is 2.42 bits per heavy atom. The Kier molecular flexibility index (Phi) is 2.30. The van der Waals surface area contributed by atoms with E-state index in [1.165, 1.54) is 12.1 Å². The summed E-state index contributed by atoms with van der Waals surface area (Å²) in [7, 11) is 0. The van der Waals surface area contributed by atoms with Crippen LogP contribution in [-0.4, -0.2) is 15.5 Å². The van der Waals surface area contributed by atoms with Gasteiger partial charge in [-0.05, 0) is 12.1 Å². The van der Waals surface area contributed by atoms with Gasteiger partial charge in [0, 0.05) is 0 Å². The molecule has 0 aromatic heterocycles. The molecule has 0 aliphatic heterocycles. The molecule has 0 saturated heterocycles. The lowest BCUT2D eigenvalue weighted by Gasteiger charge is -1.85. The molecular weight excluding hydrogens is 158 g/mol. The standard InChI is InChI=1S/C7H5N3O2/c8-9-7(10(11)12)6-4-2-1-3-5-6/h1-5H. The van der Waals surface area contributed by atoms with Crippen LogP contribution in [0.4, 0.5) is 0 Å². The van der Waals surface area contributed by atoms with Gasteiger partial charge >= 0.3 is 5.84 Å². The fourth-order valence-electron chi connectivity index (χ4n) is 0.787. The van der Waals surface area contributed by atoms with Gasteiger partial charge in [0.1, 0.15) is 10.5 Å². The van der Waals surface area contributed by atoms with Gasteiger partial charge in [-0.3, -0.25) is 10.1 Å². The number of rotatable bonds is 1. The molecule has 5 nitrogen and oxygen atoms in total. The second-order valence-corrected chi connectivity index (χ2v) is 2.05. The average molecular weight is 163 g/mol. The summed E-state index contributed by atoms with van der Waals surface area (Å²) in [4.78, 5) is 12.1. The van der Waals surface area contributed by atoms with Crippen molar-refractivity contribution in [3.63, 3.8) is 0 Å². The number of hydrogen-bond acceptors (Lipinski definition) is 2. The topological polar surface area (TPSA) is 79.5 Å². The minimum absolute atomic E-state index is 0.282. The molecule has 1 aromatic rings. The highest BCUT2D eigenvalue weighted by molar-refractivity contribution is 5.87. The SMILES string of the molecule is [N-]=[N+]=C(c1ccccc1)[N+](=O)[O-]. The largest absolute Gasteiger partial charge is 0.611 e. The lowest BCUT2D eigenvalue weighted by atomic mass is 10.2. The lowest BCUT2D eigenvalue weighted by molar-refractivity contribution is -0.382. The normalized spacial score (nSPS) is 8.67. The van der Waals surface area contributed by atoms with E-state index in [4.69, 9.17) is 5.53 Å². The van der Waals surface area contributed by atoms with Crippen molar-refractivity contribution in [2.75, 3.05) is 0 Å². The maximum Gasteiger partial charge on any atom is 0.611 e. The molecule has 60 valence electrons. The van der Waals surface area contributed by atoms with Crippen molar-refractivity contribution in [2.45, 2.75) is 0 Å². The zero-order chi connectivity index (χ0) is 8.97. The fraction of sp³-hybridized carbons (Fsp3) is 0. The maximum absolute atomic E-state index is 10.2. The van der Waals surface area contributed by atoms with Gasteiger partial charge < -0.3 is 5.53 Å². The van der Waals surface area contributed by atoms with Crippen LogP contribution in [-0.2, 0) is 0 Å². The molecular formula is C7H5N3O2. The van der Waals surface area contributed by atoms with Gasteiger partial charge in [-0.25, -0.2) is 0 Å². The first kappa shape index (κ1) is 8.10. The van der Waals surface area contributed by atoms with E-state index in [-0.39, 0.29) is 5.56 Å². The van der Waals surface area contributed by atoms with E-state index >= 15 is 0 Å². The minimum atomic E-state index is -0.741. The lowest BCUT2D eigenvalue weighted by Crippen LogP contribution is -2.13. The highest BCUT2D eigenvalue weighted by Gasteiger charge is 2.24. The molecule has 0 unspecified atom stereocenters. The molecule has 0 aliphatic carbocycles. The summed E-state index contributed by atoms with van der Waals surface area (Å²) in [6.45, 7) is 0. The number of amidine groups is 1. The monoisotopic (exact) mass is 163 g/mol. The first-order chi connectivity index (χ1) is 5.75. The first-order valence-corrected chi connectivity index (χ1v) is 3.17. The Morgan fingerprint density at radius 1 is 1.42 bits per heavy atom. The number of benzene rings is 1. The summed E-state index contributed by atoms with van der Waals surface area (Å²) >= 11 is 0. The van der Waals surface area contributed by atoms with Gasteiger partial charge in [0.05, 0.1) is 0 Å². The third-order valence-corrected chi connectivity index (χ3v) is 1.30. The molecule has 0 atom stereocenters. The van der Waals surface area contributed by atoms with E-state index in [2.05, 4.69) is 4.79 Å². The van der Waals surface area contributed by atoms with Crippen LogP contribution in [0.3, 0.4) is 0 Å². The van der Waals surface area contributed by atoms with Crippen LogP contribution < -0.4 is 0 Å². The van der Waals surface area contributed by atoms with Crippen molar-refractivity contribution in [1.29, 1.82) is 0 Å². The summed E-state index contributed by atoms with van der Waals surface area (Å²) in [5.74, 6) is -0.546. The van der Waals surface area contributed by atoms with Gasteiger partial charge in [-0.15, -0.1) is 0 Å². The molecule has 0 aliphatic rings. The molecule has 0 amide bonds. The van der Waals surface area contributed by atoms with Crippen LogP contribution >= 0.6 is 0 Å². The first-order valence-electron chi connectivity index (χ1n) is 3.17. The van der Waals surface area contributed by atoms with E-state index in [1.54, 1.807) is 18.2 Å². The minimum Gasteiger partial charge on any atom is -0.354 e. The van der Waals surface area contributed by atoms with Crippen molar-refractivity contribution >= 4 is 5.84 Å². The third kappa shape index (κ3) is 1.53. The zero-order valence-electron chi connectivity index (χ0n) is 6.04. The molecule has 0 radical (unpaired) electrons. The predicted octanol–water partition coefficient (Wildman–Crippen LogP) is 0.940. The molecule has 5 heteroatoms. The van der Waals surface area contributed by atoms with Gasteiger partial charge in [0.25, 0.3) is 0 Å². The summed E-state index contributed by atoms with van der Waals surface area (Å²) in [6.07, 6.45) is 0. The zero-order valence-corrected chi connectivity index (χ0v) is 6.04. The predicted molar refractivity (Wildman–Crippen MR) is 41.2 cm³/mol. The van der Waals surface area contributed by atoms with Gasteiger partial charge in [-0.1, -0.05) is 23.0 Å². The highest BCUT2D eigenvalue weighted by Crippen LogP contribution is 1.98. The number of nitro groups is 1. The second kappa shape index (κ2) is 3.41. The Hall–Kier alpha value is -2.00. The number of nitrogens with zero attached hydrogens (tertiary/aromatic N) is 3. The molecule has 0 bridgehead atoms. The van der Waals surface area contributed by atoms with E-state index in [1.807, 2.05) is 0 Å². The molecule has 12 heavy (non-hydrogen) atoms. The second-order valence-electron chi connectivity index (χ2n) is 2.05. The van der Waals surface area contributed by atoms with Crippen LogP contribution in [0, 0.1) is 10.1 Å². The van der Waals surface area contributed by atoms with Crippen LogP contribution in [0.25, 0.3) is 5.53 Å².